The Morgan fingerprint density at radius 3 is 2.00 bits per heavy atom. The van der Waals surface area contributed by atoms with Crippen LogP contribution in [0.3, 0.4) is 0 Å². The van der Waals surface area contributed by atoms with Crippen LogP contribution in [0.5, 0.6) is 0 Å². The van der Waals surface area contributed by atoms with Crippen LogP contribution in [0.4, 0.5) is 0 Å². The SMILES string of the molecule is C=C([O-])C(=C)c1cc(C)c(C)c(C)c1C. The van der Waals surface area contributed by atoms with Crippen LogP contribution >= 0.6 is 0 Å². The molecule has 1 rings (SSSR count). The highest BCUT2D eigenvalue weighted by molar-refractivity contribution is 5.77. The first kappa shape index (κ1) is 11.6. The van der Waals surface area contributed by atoms with E-state index in [0.717, 1.165) is 11.1 Å². The topological polar surface area (TPSA) is 23.1 Å². The molecule has 0 amide bonds. The first-order valence-corrected chi connectivity index (χ1v) is 4.99. The van der Waals surface area contributed by atoms with E-state index in [2.05, 4.69) is 27.0 Å². The number of allylic oxidation sites excluding steroid dienone is 1. The van der Waals surface area contributed by atoms with Crippen LogP contribution in [-0.2, 0) is 0 Å². The Kier molecular flexibility index (Phi) is 3.04. The van der Waals surface area contributed by atoms with E-state index in [4.69, 9.17) is 0 Å². The molecule has 0 saturated carbocycles. The maximum Gasteiger partial charge on any atom is -0.0162 e. The zero-order chi connectivity index (χ0) is 11.7. The number of aryl methyl sites for hydroxylation is 1. The van der Waals surface area contributed by atoms with E-state index in [1.54, 1.807) is 0 Å². The zero-order valence-corrected chi connectivity index (χ0v) is 9.90. The molecule has 0 saturated heterocycles. The van der Waals surface area contributed by atoms with Crippen LogP contribution in [0.2, 0.25) is 0 Å². The molecule has 0 radical (unpaired) electrons. The fourth-order valence-electron chi connectivity index (χ4n) is 1.68. The molecule has 0 fully saturated rings. The average Bonchev–Trinajstić information content (AvgIpc) is 2.19. The number of hydrogen-bond acceptors (Lipinski definition) is 1. The quantitative estimate of drug-likeness (QED) is 0.533. The van der Waals surface area contributed by atoms with Crippen LogP contribution in [0.25, 0.3) is 5.57 Å². The predicted octanol–water partition coefficient (Wildman–Crippen LogP) is 2.81. The summed E-state index contributed by atoms with van der Waals surface area (Å²) in [5.74, 6) is -0.208. The van der Waals surface area contributed by atoms with Gasteiger partial charge in [-0.15, -0.1) is 12.3 Å². The number of benzene rings is 1. The van der Waals surface area contributed by atoms with Crippen molar-refractivity contribution in [3.05, 3.63) is 52.8 Å². The van der Waals surface area contributed by atoms with E-state index in [9.17, 15) is 5.11 Å². The van der Waals surface area contributed by atoms with Gasteiger partial charge in [0.2, 0.25) is 0 Å². The summed E-state index contributed by atoms with van der Waals surface area (Å²) in [5, 5.41) is 11.2. The lowest BCUT2D eigenvalue weighted by Crippen LogP contribution is -2.06. The van der Waals surface area contributed by atoms with Crippen LogP contribution in [-0.4, -0.2) is 0 Å². The zero-order valence-electron chi connectivity index (χ0n) is 9.90. The molecule has 80 valence electrons. The van der Waals surface area contributed by atoms with Gasteiger partial charge in [-0.2, -0.15) is 0 Å². The molecule has 0 unspecified atom stereocenters. The summed E-state index contributed by atoms with van der Waals surface area (Å²) in [7, 11) is 0. The normalized spacial score (nSPS) is 10.1. The van der Waals surface area contributed by atoms with Crippen LogP contribution in [0, 0.1) is 27.7 Å². The fraction of sp³-hybridized carbons (Fsp3) is 0.286. The summed E-state index contributed by atoms with van der Waals surface area (Å²) < 4.78 is 0. The van der Waals surface area contributed by atoms with Gasteiger partial charge in [-0.05, 0) is 61.1 Å². The van der Waals surface area contributed by atoms with E-state index >= 15 is 0 Å². The van der Waals surface area contributed by atoms with Gasteiger partial charge in [0.1, 0.15) is 0 Å². The van der Waals surface area contributed by atoms with Crippen molar-refractivity contribution in [2.75, 3.05) is 0 Å². The van der Waals surface area contributed by atoms with Crippen molar-refractivity contribution in [3.8, 4) is 0 Å². The second-order valence-electron chi connectivity index (χ2n) is 4.02. The molecular formula is C14H17O-. The summed E-state index contributed by atoms with van der Waals surface area (Å²) in [6, 6.07) is 2.02. The van der Waals surface area contributed by atoms with Crippen molar-refractivity contribution >= 4 is 5.57 Å². The Morgan fingerprint density at radius 2 is 1.53 bits per heavy atom. The standard InChI is InChI=1S/C14H18O/c1-8-7-14(12(5)13(6)15)11(4)10(3)9(8)2/h7,15H,5-6H2,1-4H3/p-1. The van der Waals surface area contributed by atoms with Gasteiger partial charge in [0, 0.05) is 0 Å². The Labute approximate surface area is 91.8 Å². The van der Waals surface area contributed by atoms with E-state index in [1.807, 2.05) is 19.9 Å². The van der Waals surface area contributed by atoms with Gasteiger partial charge in [-0.3, -0.25) is 0 Å². The van der Waals surface area contributed by atoms with E-state index < -0.39 is 0 Å². The van der Waals surface area contributed by atoms with Crippen molar-refractivity contribution in [1.29, 1.82) is 0 Å². The monoisotopic (exact) mass is 201 g/mol. The van der Waals surface area contributed by atoms with Crippen LogP contribution in [0.1, 0.15) is 27.8 Å². The molecule has 0 aliphatic carbocycles. The third-order valence-electron chi connectivity index (χ3n) is 3.14. The summed E-state index contributed by atoms with van der Waals surface area (Å²) in [5.41, 5.74) is 6.25. The van der Waals surface area contributed by atoms with E-state index in [1.165, 1.54) is 16.7 Å². The summed E-state index contributed by atoms with van der Waals surface area (Å²) in [4.78, 5) is 0. The minimum absolute atomic E-state index is 0.208. The molecule has 1 aromatic rings. The molecule has 0 bridgehead atoms. The first-order chi connectivity index (χ1) is 6.86. The lowest BCUT2D eigenvalue weighted by Gasteiger charge is -2.19. The molecule has 0 aliphatic rings. The molecule has 0 N–H and O–H groups in total. The Bertz CT molecular complexity index is 439. The van der Waals surface area contributed by atoms with Crippen molar-refractivity contribution in [2.24, 2.45) is 0 Å². The Balaban J connectivity index is 3.45. The van der Waals surface area contributed by atoms with Gasteiger partial charge in [0.25, 0.3) is 0 Å². The van der Waals surface area contributed by atoms with Crippen molar-refractivity contribution in [2.45, 2.75) is 27.7 Å². The van der Waals surface area contributed by atoms with E-state index in [-0.39, 0.29) is 5.76 Å². The molecule has 1 nitrogen and oxygen atoms in total. The molecular weight excluding hydrogens is 184 g/mol. The maximum atomic E-state index is 11.2. The Morgan fingerprint density at radius 1 is 1.00 bits per heavy atom. The maximum absolute atomic E-state index is 11.2. The van der Waals surface area contributed by atoms with Crippen molar-refractivity contribution in [1.82, 2.24) is 0 Å². The third kappa shape index (κ3) is 1.96. The van der Waals surface area contributed by atoms with Gasteiger partial charge < -0.3 is 5.11 Å². The second kappa shape index (κ2) is 3.93. The summed E-state index contributed by atoms with van der Waals surface area (Å²) in [6.45, 7) is 15.4. The third-order valence-corrected chi connectivity index (χ3v) is 3.14. The minimum atomic E-state index is -0.208. The van der Waals surface area contributed by atoms with Gasteiger partial charge in [-0.1, -0.05) is 12.6 Å². The smallest absolute Gasteiger partial charge is 0.0162 e. The molecule has 1 aromatic carbocycles. The van der Waals surface area contributed by atoms with Gasteiger partial charge >= 0.3 is 0 Å². The minimum Gasteiger partial charge on any atom is -0.872 e. The predicted molar refractivity (Wildman–Crippen MR) is 63.6 cm³/mol. The lowest BCUT2D eigenvalue weighted by molar-refractivity contribution is -0.291. The van der Waals surface area contributed by atoms with Crippen molar-refractivity contribution in [3.63, 3.8) is 0 Å². The number of hydrogen-bond donors (Lipinski definition) is 0. The number of rotatable bonds is 2. The largest absolute Gasteiger partial charge is 0.872 e. The van der Waals surface area contributed by atoms with E-state index in [0.29, 0.717) is 5.57 Å². The van der Waals surface area contributed by atoms with Gasteiger partial charge in [-0.25, -0.2) is 0 Å². The fourth-order valence-corrected chi connectivity index (χ4v) is 1.68. The molecule has 0 heterocycles. The highest BCUT2D eigenvalue weighted by Crippen LogP contribution is 2.27. The van der Waals surface area contributed by atoms with Gasteiger partial charge in [0.05, 0.1) is 0 Å². The first-order valence-electron chi connectivity index (χ1n) is 4.99. The Hall–Kier alpha value is -1.50. The summed E-state index contributed by atoms with van der Waals surface area (Å²) >= 11 is 0. The highest BCUT2D eigenvalue weighted by Gasteiger charge is 2.08. The highest BCUT2D eigenvalue weighted by atomic mass is 16.3. The molecule has 0 aliphatic heterocycles. The lowest BCUT2D eigenvalue weighted by atomic mass is 9.91. The van der Waals surface area contributed by atoms with Gasteiger partial charge in [0.15, 0.2) is 0 Å². The molecule has 0 atom stereocenters. The second-order valence-corrected chi connectivity index (χ2v) is 4.02. The molecule has 0 aromatic heterocycles. The molecule has 1 heteroatoms. The van der Waals surface area contributed by atoms with Crippen molar-refractivity contribution < 1.29 is 5.11 Å². The van der Waals surface area contributed by atoms with Crippen LogP contribution < -0.4 is 5.11 Å². The summed E-state index contributed by atoms with van der Waals surface area (Å²) in [6.07, 6.45) is 0. The van der Waals surface area contributed by atoms with Crippen LogP contribution in [0.15, 0.2) is 25.0 Å². The molecule has 15 heavy (non-hydrogen) atoms. The average molecular weight is 201 g/mol. The molecule has 0 spiro atoms.